The quantitative estimate of drug-likeness (QED) is 0.564. The molecular formula is C12H18O. The molecule has 0 spiro atoms. The lowest BCUT2D eigenvalue weighted by Crippen LogP contribution is -2.34. The minimum atomic E-state index is 0.501. The molecule has 13 heavy (non-hydrogen) atoms. The Hall–Kier alpha value is -0.590. The molecule has 1 fully saturated rings. The number of hydrogen-bond donors (Lipinski definition) is 0. The van der Waals surface area contributed by atoms with Gasteiger partial charge in [-0.2, -0.15) is 0 Å². The fourth-order valence-corrected chi connectivity index (χ4v) is 2.84. The SMILES string of the molecule is CC1(C)CC[C@@H]2C[C@H]1CC=C2C=O. The van der Waals surface area contributed by atoms with Gasteiger partial charge in [0.25, 0.3) is 0 Å². The van der Waals surface area contributed by atoms with Crippen LogP contribution in [0.4, 0.5) is 0 Å². The summed E-state index contributed by atoms with van der Waals surface area (Å²) in [6.07, 6.45) is 8.11. The molecule has 0 N–H and O–H groups in total. The van der Waals surface area contributed by atoms with E-state index >= 15 is 0 Å². The maximum absolute atomic E-state index is 10.8. The summed E-state index contributed by atoms with van der Waals surface area (Å²) in [6, 6.07) is 0. The lowest BCUT2D eigenvalue weighted by molar-refractivity contribution is -0.105. The molecule has 0 aliphatic heterocycles. The van der Waals surface area contributed by atoms with Crippen molar-refractivity contribution in [2.75, 3.05) is 0 Å². The van der Waals surface area contributed by atoms with Crippen LogP contribution in [-0.4, -0.2) is 6.29 Å². The Kier molecular flexibility index (Phi) is 2.05. The molecule has 0 aromatic carbocycles. The summed E-state index contributed by atoms with van der Waals surface area (Å²) in [7, 11) is 0. The highest BCUT2D eigenvalue weighted by molar-refractivity contribution is 5.74. The molecule has 2 atom stereocenters. The maximum Gasteiger partial charge on any atom is 0.145 e. The largest absolute Gasteiger partial charge is 0.298 e. The number of carbonyl (C=O) groups is 1. The second-order valence-corrected chi connectivity index (χ2v) is 5.21. The number of allylic oxidation sites excluding steroid dienone is 2. The highest BCUT2D eigenvalue weighted by atomic mass is 16.1. The van der Waals surface area contributed by atoms with E-state index in [0.717, 1.165) is 24.2 Å². The first kappa shape index (κ1) is 8.98. The molecule has 2 aliphatic rings. The van der Waals surface area contributed by atoms with Crippen molar-refractivity contribution in [2.45, 2.75) is 39.5 Å². The fourth-order valence-electron chi connectivity index (χ4n) is 2.84. The average Bonchev–Trinajstić information content (AvgIpc) is 2.13. The first-order valence-electron chi connectivity index (χ1n) is 5.29. The lowest BCUT2D eigenvalue weighted by Gasteiger charge is -2.44. The van der Waals surface area contributed by atoms with Gasteiger partial charge < -0.3 is 0 Å². The van der Waals surface area contributed by atoms with Gasteiger partial charge in [-0.25, -0.2) is 0 Å². The van der Waals surface area contributed by atoms with Gasteiger partial charge >= 0.3 is 0 Å². The summed E-state index contributed by atoms with van der Waals surface area (Å²) in [5.41, 5.74) is 1.58. The van der Waals surface area contributed by atoms with E-state index in [2.05, 4.69) is 19.9 Å². The topological polar surface area (TPSA) is 17.1 Å². The van der Waals surface area contributed by atoms with E-state index in [4.69, 9.17) is 0 Å². The van der Waals surface area contributed by atoms with E-state index in [0.29, 0.717) is 11.3 Å². The smallest absolute Gasteiger partial charge is 0.145 e. The Labute approximate surface area is 80.2 Å². The standard InChI is InChI=1S/C12H18O/c1-12(2)6-5-9-7-11(12)4-3-10(9)8-13/h3,8-9,11H,4-7H2,1-2H3/t9-,11-/m1/s1. The van der Waals surface area contributed by atoms with Gasteiger partial charge in [0.15, 0.2) is 0 Å². The Balaban J connectivity index is 2.21. The maximum atomic E-state index is 10.8. The van der Waals surface area contributed by atoms with Crippen molar-refractivity contribution in [1.82, 2.24) is 0 Å². The van der Waals surface area contributed by atoms with Gasteiger partial charge in [-0.1, -0.05) is 19.9 Å². The average molecular weight is 178 g/mol. The first-order valence-corrected chi connectivity index (χ1v) is 5.29. The van der Waals surface area contributed by atoms with Crippen molar-refractivity contribution in [1.29, 1.82) is 0 Å². The summed E-state index contributed by atoms with van der Waals surface area (Å²) in [4.78, 5) is 10.8. The molecule has 2 bridgehead atoms. The molecule has 1 saturated carbocycles. The Morgan fingerprint density at radius 3 is 3.00 bits per heavy atom. The van der Waals surface area contributed by atoms with Gasteiger partial charge in [0.2, 0.25) is 0 Å². The Bertz CT molecular complexity index is 250. The molecule has 0 heterocycles. The van der Waals surface area contributed by atoms with Crippen molar-refractivity contribution in [3.63, 3.8) is 0 Å². The minimum absolute atomic E-state index is 0.501. The zero-order valence-corrected chi connectivity index (χ0v) is 8.55. The number of fused-ring (bicyclic) bond motifs is 2. The molecule has 0 aromatic rings. The van der Waals surface area contributed by atoms with Crippen molar-refractivity contribution in [2.24, 2.45) is 17.3 Å². The predicted molar refractivity (Wildman–Crippen MR) is 53.4 cm³/mol. The molecule has 0 unspecified atom stereocenters. The van der Waals surface area contributed by atoms with E-state index < -0.39 is 0 Å². The summed E-state index contributed by atoms with van der Waals surface area (Å²) >= 11 is 0. The van der Waals surface area contributed by atoms with Gasteiger partial charge in [-0.05, 0) is 48.5 Å². The Morgan fingerprint density at radius 1 is 1.54 bits per heavy atom. The summed E-state index contributed by atoms with van der Waals surface area (Å²) < 4.78 is 0. The van der Waals surface area contributed by atoms with E-state index in [1.165, 1.54) is 19.3 Å². The zero-order chi connectivity index (χ0) is 9.47. The summed E-state index contributed by atoms with van der Waals surface area (Å²) in [5.74, 6) is 1.40. The lowest BCUT2D eigenvalue weighted by atomic mass is 9.60. The first-order chi connectivity index (χ1) is 6.13. The second-order valence-electron chi connectivity index (χ2n) is 5.21. The summed E-state index contributed by atoms with van der Waals surface area (Å²) in [6.45, 7) is 4.74. The Morgan fingerprint density at radius 2 is 2.31 bits per heavy atom. The van der Waals surface area contributed by atoms with E-state index in [1.54, 1.807) is 0 Å². The van der Waals surface area contributed by atoms with Gasteiger partial charge in [-0.15, -0.1) is 0 Å². The van der Waals surface area contributed by atoms with Crippen LogP contribution < -0.4 is 0 Å². The van der Waals surface area contributed by atoms with Crippen LogP contribution >= 0.6 is 0 Å². The normalized spacial score (nSPS) is 36.6. The highest BCUT2D eigenvalue weighted by Gasteiger charge is 2.38. The van der Waals surface area contributed by atoms with Crippen LogP contribution in [0.1, 0.15) is 39.5 Å². The van der Waals surface area contributed by atoms with Crippen LogP contribution in [0.15, 0.2) is 11.6 Å². The van der Waals surface area contributed by atoms with Gasteiger partial charge in [0.1, 0.15) is 6.29 Å². The predicted octanol–water partition coefficient (Wildman–Crippen LogP) is 2.96. The van der Waals surface area contributed by atoms with Crippen LogP contribution in [0.3, 0.4) is 0 Å². The molecular weight excluding hydrogens is 160 g/mol. The number of rotatable bonds is 1. The molecule has 1 nitrogen and oxygen atoms in total. The van der Waals surface area contributed by atoms with Gasteiger partial charge in [-0.3, -0.25) is 4.79 Å². The molecule has 72 valence electrons. The van der Waals surface area contributed by atoms with Crippen LogP contribution in [0.2, 0.25) is 0 Å². The summed E-state index contributed by atoms with van der Waals surface area (Å²) in [5, 5.41) is 0. The van der Waals surface area contributed by atoms with Crippen molar-refractivity contribution >= 4 is 6.29 Å². The van der Waals surface area contributed by atoms with Gasteiger partial charge in [0.05, 0.1) is 0 Å². The van der Waals surface area contributed by atoms with Crippen LogP contribution in [0, 0.1) is 17.3 Å². The fraction of sp³-hybridized carbons (Fsp3) is 0.750. The molecule has 1 heteroatoms. The minimum Gasteiger partial charge on any atom is -0.298 e. The molecule has 0 radical (unpaired) electrons. The van der Waals surface area contributed by atoms with E-state index in [9.17, 15) is 4.79 Å². The number of hydrogen-bond acceptors (Lipinski definition) is 1. The second kappa shape index (κ2) is 2.97. The third kappa shape index (κ3) is 1.45. The molecule has 0 aromatic heterocycles. The molecule has 0 amide bonds. The van der Waals surface area contributed by atoms with Crippen LogP contribution in [0.5, 0.6) is 0 Å². The van der Waals surface area contributed by atoms with E-state index in [-0.39, 0.29) is 0 Å². The van der Waals surface area contributed by atoms with Crippen molar-refractivity contribution in [3.8, 4) is 0 Å². The third-order valence-corrected chi connectivity index (χ3v) is 4.06. The van der Waals surface area contributed by atoms with Crippen LogP contribution in [-0.2, 0) is 4.79 Å². The highest BCUT2D eigenvalue weighted by Crippen LogP contribution is 2.49. The van der Waals surface area contributed by atoms with E-state index in [1.807, 2.05) is 0 Å². The van der Waals surface area contributed by atoms with Crippen molar-refractivity contribution < 1.29 is 4.79 Å². The molecule has 2 aliphatic carbocycles. The number of carbonyl (C=O) groups excluding carboxylic acids is 1. The third-order valence-electron chi connectivity index (χ3n) is 4.06. The molecule has 2 rings (SSSR count). The monoisotopic (exact) mass is 178 g/mol. The van der Waals surface area contributed by atoms with Gasteiger partial charge in [0, 0.05) is 0 Å². The number of aldehydes is 1. The van der Waals surface area contributed by atoms with Crippen LogP contribution in [0.25, 0.3) is 0 Å². The zero-order valence-electron chi connectivity index (χ0n) is 8.55. The molecule has 0 saturated heterocycles. The van der Waals surface area contributed by atoms with Crippen molar-refractivity contribution in [3.05, 3.63) is 11.6 Å².